The number of hydrogen-bond donors (Lipinski definition) is 0. The third kappa shape index (κ3) is 49.0. The molecular formula is C8H25CoN5O2-3. The number of aliphatic carboxylic acids is 1. The summed E-state index contributed by atoms with van der Waals surface area (Å²) in [6.45, 7) is 2.14. The summed E-state index contributed by atoms with van der Waals surface area (Å²) < 4.78 is 0. The molecule has 0 aromatic carbocycles. The van der Waals surface area contributed by atoms with E-state index in [9.17, 15) is 9.90 Å². The van der Waals surface area contributed by atoms with Crippen LogP contribution in [0.25, 0.3) is 30.8 Å². The number of carboxylic acid groups (broad SMARTS) is 1. The monoisotopic (exact) mass is 282 g/mol. The number of unbranched alkanes of at least 4 members (excludes halogenated alkanes) is 4. The van der Waals surface area contributed by atoms with E-state index in [0.29, 0.717) is 0 Å². The van der Waals surface area contributed by atoms with E-state index in [1.165, 1.54) is 12.8 Å². The van der Waals surface area contributed by atoms with Gasteiger partial charge < -0.3 is 40.7 Å². The molecule has 0 atom stereocenters. The van der Waals surface area contributed by atoms with Crippen molar-refractivity contribution in [2.75, 3.05) is 0 Å². The normalized spacial score (nSPS) is 6.06. The molecular weight excluding hydrogens is 257 g/mol. The number of carbonyl (C=O) groups excluding carboxylic acids is 1. The number of hydrogen-bond acceptors (Lipinski definition) is 2. The summed E-state index contributed by atoms with van der Waals surface area (Å²) in [4.78, 5) is 9.92. The van der Waals surface area contributed by atoms with Gasteiger partial charge in [0.05, 0.1) is 0 Å². The molecule has 0 aromatic rings. The van der Waals surface area contributed by atoms with Gasteiger partial charge in [0.15, 0.2) is 0 Å². The predicted molar refractivity (Wildman–Crippen MR) is 64.8 cm³/mol. The summed E-state index contributed by atoms with van der Waals surface area (Å²) in [5, 5.41) is 9.92. The first-order valence-corrected chi connectivity index (χ1v) is 3.97. The third-order valence-electron chi connectivity index (χ3n) is 1.48. The van der Waals surface area contributed by atoms with Crippen LogP contribution in [0.1, 0.15) is 45.4 Å². The van der Waals surface area contributed by atoms with Gasteiger partial charge in [-0.15, -0.1) is 0 Å². The van der Waals surface area contributed by atoms with Crippen molar-refractivity contribution >= 4 is 5.97 Å². The maximum absolute atomic E-state index is 9.92. The molecule has 7 nitrogen and oxygen atoms in total. The summed E-state index contributed by atoms with van der Waals surface area (Å²) in [7, 11) is 0. The Morgan fingerprint density at radius 2 is 1.25 bits per heavy atom. The Labute approximate surface area is 109 Å². The van der Waals surface area contributed by atoms with Gasteiger partial charge in [0, 0.05) is 5.97 Å². The van der Waals surface area contributed by atoms with Gasteiger partial charge >= 0.3 is 16.8 Å². The van der Waals surface area contributed by atoms with Crippen LogP contribution in [-0.2, 0) is 21.6 Å². The van der Waals surface area contributed by atoms with Crippen molar-refractivity contribution in [2.45, 2.75) is 45.4 Å². The standard InChI is InChI=1S/C8H16O2.Co.5H2N/c1-2-3-4-5-6-7-8(9)10;;;;;;/h2-7H2,1H3,(H,9,10);;5*1H2/q;+3;5*-1/p-1. The molecule has 0 amide bonds. The quantitative estimate of drug-likeness (QED) is 0.635. The van der Waals surface area contributed by atoms with Crippen LogP contribution in [-0.4, -0.2) is 5.97 Å². The summed E-state index contributed by atoms with van der Waals surface area (Å²) in [6, 6.07) is 0. The molecule has 0 heterocycles. The van der Waals surface area contributed by atoms with Crippen LogP contribution in [0.2, 0.25) is 0 Å². The maximum Gasteiger partial charge on any atom is 3.00 e. The summed E-state index contributed by atoms with van der Waals surface area (Å²) in [5.41, 5.74) is 0. The molecule has 0 aliphatic carbocycles. The van der Waals surface area contributed by atoms with E-state index < -0.39 is 5.97 Å². The molecule has 0 aliphatic heterocycles. The Hall–Kier alpha value is -0.224. The van der Waals surface area contributed by atoms with Crippen LogP contribution >= 0.6 is 0 Å². The zero-order chi connectivity index (χ0) is 7.82. The van der Waals surface area contributed by atoms with Crippen molar-refractivity contribution in [1.29, 1.82) is 0 Å². The third-order valence-corrected chi connectivity index (χ3v) is 1.48. The van der Waals surface area contributed by atoms with Crippen molar-refractivity contribution in [3.05, 3.63) is 30.8 Å². The van der Waals surface area contributed by atoms with Gasteiger partial charge in [-0.1, -0.05) is 32.6 Å². The van der Waals surface area contributed by atoms with Gasteiger partial charge in [0.2, 0.25) is 0 Å². The van der Waals surface area contributed by atoms with Gasteiger partial charge in [-0.2, -0.15) is 0 Å². The minimum atomic E-state index is -0.920. The maximum atomic E-state index is 9.92. The van der Waals surface area contributed by atoms with E-state index >= 15 is 0 Å². The smallest absolute Gasteiger partial charge is 0.693 e. The number of nitrogens with two attached hydrogens (primary N) is 5. The van der Waals surface area contributed by atoms with Crippen molar-refractivity contribution in [3.63, 3.8) is 0 Å². The van der Waals surface area contributed by atoms with Crippen LogP contribution in [0.15, 0.2) is 0 Å². The Kier molecular flexibility index (Phi) is 102. The molecule has 0 unspecified atom stereocenters. The zero-order valence-corrected chi connectivity index (χ0v) is 10.8. The molecule has 106 valence electrons. The largest absolute Gasteiger partial charge is 3.00 e. The van der Waals surface area contributed by atoms with E-state index in [2.05, 4.69) is 6.92 Å². The average Bonchev–Trinajstić information content (AvgIpc) is 1.87. The first kappa shape index (κ1) is 44.7. The predicted octanol–water partition coefficient (Wildman–Crippen LogP) is 4.68. The summed E-state index contributed by atoms with van der Waals surface area (Å²) in [6.07, 6.45) is 5.61. The van der Waals surface area contributed by atoms with E-state index in [4.69, 9.17) is 0 Å². The second-order valence-electron chi connectivity index (χ2n) is 2.54. The summed E-state index contributed by atoms with van der Waals surface area (Å²) >= 11 is 0. The molecule has 10 N–H and O–H groups in total. The van der Waals surface area contributed by atoms with Gasteiger partial charge in [-0.3, -0.25) is 0 Å². The second kappa shape index (κ2) is 36.4. The molecule has 0 aromatic heterocycles. The van der Waals surface area contributed by atoms with Gasteiger partial charge in [-0.25, -0.2) is 0 Å². The molecule has 0 spiro atoms. The fourth-order valence-corrected chi connectivity index (χ4v) is 0.873. The fourth-order valence-electron chi connectivity index (χ4n) is 0.873. The Morgan fingerprint density at radius 3 is 1.56 bits per heavy atom. The van der Waals surface area contributed by atoms with Crippen LogP contribution in [0, 0.1) is 0 Å². The zero-order valence-electron chi connectivity index (χ0n) is 9.78. The first-order chi connectivity index (χ1) is 4.77. The average molecular weight is 282 g/mol. The molecule has 0 rings (SSSR count). The van der Waals surface area contributed by atoms with E-state index in [1.54, 1.807) is 0 Å². The second-order valence-corrected chi connectivity index (χ2v) is 2.54. The number of rotatable bonds is 6. The first-order valence-electron chi connectivity index (χ1n) is 3.97. The minimum absolute atomic E-state index is 0. The van der Waals surface area contributed by atoms with E-state index in [-0.39, 0.29) is 54.0 Å². The Morgan fingerprint density at radius 1 is 0.875 bits per heavy atom. The van der Waals surface area contributed by atoms with Crippen LogP contribution in [0.4, 0.5) is 0 Å². The van der Waals surface area contributed by atoms with Crippen LogP contribution in [0.5, 0.6) is 0 Å². The molecule has 0 saturated carbocycles. The SMILES string of the molecule is CCCCCCCC(=O)[O-].[Co+3].[NH2-].[NH2-].[NH2-].[NH2-].[NH2-]. The van der Waals surface area contributed by atoms with Crippen molar-refractivity contribution in [1.82, 2.24) is 0 Å². The molecule has 0 bridgehead atoms. The Bertz CT molecular complexity index is 108. The van der Waals surface area contributed by atoms with E-state index in [0.717, 1.165) is 19.3 Å². The van der Waals surface area contributed by atoms with Crippen molar-refractivity contribution < 1.29 is 26.7 Å². The van der Waals surface area contributed by atoms with Crippen LogP contribution < -0.4 is 5.11 Å². The number of carboxylic acids is 1. The number of carbonyl (C=O) groups is 1. The van der Waals surface area contributed by atoms with Crippen molar-refractivity contribution in [2.24, 2.45) is 0 Å². The molecule has 16 heavy (non-hydrogen) atoms. The topological polar surface area (TPSA) is 208 Å². The van der Waals surface area contributed by atoms with Crippen LogP contribution in [0.3, 0.4) is 0 Å². The summed E-state index contributed by atoms with van der Waals surface area (Å²) in [5.74, 6) is -0.920. The molecule has 0 radical (unpaired) electrons. The van der Waals surface area contributed by atoms with Gasteiger partial charge in [0.25, 0.3) is 0 Å². The molecule has 0 saturated heterocycles. The van der Waals surface area contributed by atoms with Gasteiger partial charge in [-0.05, 0) is 12.8 Å². The molecule has 0 fully saturated rings. The molecule has 8 heteroatoms. The van der Waals surface area contributed by atoms with Crippen molar-refractivity contribution in [3.8, 4) is 0 Å². The van der Waals surface area contributed by atoms with Gasteiger partial charge in [0.1, 0.15) is 0 Å². The fraction of sp³-hybridized carbons (Fsp3) is 0.875. The van der Waals surface area contributed by atoms with E-state index in [1.807, 2.05) is 0 Å². The Balaban J connectivity index is -0.0000000270. The minimum Gasteiger partial charge on any atom is -0.693 e. The molecule has 0 aliphatic rings.